The molecule has 0 amide bonds. The number of allylic oxidation sites excluding steroid dienone is 1. The van der Waals surface area contributed by atoms with E-state index in [1.54, 1.807) is 6.08 Å². The van der Waals surface area contributed by atoms with Gasteiger partial charge in [-0.05, 0) is 85.1 Å². The maximum atomic E-state index is 4.02. The quantitative estimate of drug-likeness (QED) is 0.180. The van der Waals surface area contributed by atoms with E-state index >= 15 is 0 Å². The van der Waals surface area contributed by atoms with Crippen molar-refractivity contribution in [3.63, 3.8) is 0 Å². The number of hydrogen-bond acceptors (Lipinski definition) is 0. The zero-order chi connectivity index (χ0) is 25.2. The fraction of sp³-hybridized carbons (Fsp3) is 0.0556. The highest BCUT2D eigenvalue weighted by Gasteiger charge is 2.13. The third-order valence-corrected chi connectivity index (χ3v) is 6.95. The largest absolute Gasteiger partial charge is 0.103 e. The van der Waals surface area contributed by atoms with Crippen LogP contribution < -0.4 is 0 Å². The molecule has 0 saturated heterocycles. The lowest BCUT2D eigenvalue weighted by Crippen LogP contribution is -1.90. The van der Waals surface area contributed by atoms with Gasteiger partial charge >= 0.3 is 0 Å². The lowest BCUT2D eigenvalue weighted by atomic mass is 9.88. The second-order valence-electron chi connectivity index (χ2n) is 9.12. The lowest BCUT2D eigenvalue weighted by molar-refractivity contribution is 1.55. The Morgan fingerprint density at radius 3 is 1.75 bits per heavy atom. The third kappa shape index (κ3) is 3.82. The first-order valence-corrected chi connectivity index (χ1v) is 12.3. The molecule has 0 unspecified atom stereocenters. The Bertz CT molecular complexity index is 1730. The molecular formula is C36H30. The van der Waals surface area contributed by atoms with E-state index in [-0.39, 0.29) is 0 Å². The summed E-state index contributed by atoms with van der Waals surface area (Å²) in [5.41, 5.74) is 8.42. The van der Waals surface area contributed by atoms with Crippen molar-refractivity contribution in [2.75, 3.05) is 0 Å². The molecule has 6 aromatic rings. The fourth-order valence-electron chi connectivity index (χ4n) is 5.27. The molecule has 0 N–H and O–H groups in total. The highest BCUT2D eigenvalue weighted by atomic mass is 14.2. The summed E-state index contributed by atoms with van der Waals surface area (Å²) in [6.45, 7) is 15.4. The van der Waals surface area contributed by atoms with Crippen LogP contribution in [0.15, 0.2) is 117 Å². The molecule has 0 radical (unpaired) electrons. The SMILES string of the molecule is C=CC.C=Cc1cccc(-c2ccc(-c3ccc4ccc5c(C)ccc6ccc3c4c65)cc2)c1C=C. The van der Waals surface area contributed by atoms with Gasteiger partial charge in [-0.1, -0.05) is 122 Å². The zero-order valence-corrected chi connectivity index (χ0v) is 21.0. The van der Waals surface area contributed by atoms with Crippen molar-refractivity contribution in [2.45, 2.75) is 13.8 Å². The van der Waals surface area contributed by atoms with E-state index in [0.717, 1.165) is 11.1 Å². The first kappa shape index (κ1) is 23.3. The smallest absolute Gasteiger partial charge is 0.00205 e. The molecule has 0 aliphatic rings. The first-order valence-electron chi connectivity index (χ1n) is 12.3. The predicted molar refractivity (Wildman–Crippen MR) is 162 cm³/mol. The molecule has 0 heterocycles. The van der Waals surface area contributed by atoms with E-state index in [9.17, 15) is 0 Å². The van der Waals surface area contributed by atoms with Crippen molar-refractivity contribution >= 4 is 44.5 Å². The van der Waals surface area contributed by atoms with Gasteiger partial charge in [0, 0.05) is 0 Å². The van der Waals surface area contributed by atoms with Crippen LogP contribution in [-0.4, -0.2) is 0 Å². The molecule has 0 bridgehead atoms. The topological polar surface area (TPSA) is 0 Å². The van der Waals surface area contributed by atoms with Crippen LogP contribution in [0, 0.1) is 6.92 Å². The van der Waals surface area contributed by atoms with Crippen LogP contribution in [0.4, 0.5) is 0 Å². The minimum absolute atomic E-state index is 1.11. The average Bonchev–Trinajstić information content (AvgIpc) is 2.92. The van der Waals surface area contributed by atoms with E-state index in [4.69, 9.17) is 0 Å². The Kier molecular flexibility index (Phi) is 6.27. The highest BCUT2D eigenvalue weighted by Crippen LogP contribution is 2.40. The van der Waals surface area contributed by atoms with Crippen LogP contribution in [0.25, 0.3) is 66.7 Å². The summed E-state index contributed by atoms with van der Waals surface area (Å²) in [5, 5.41) is 8.00. The third-order valence-electron chi connectivity index (χ3n) is 6.95. The standard InChI is InChI=1S/C33H24.C3H6/c1-4-22-7-6-8-29(27(22)5-2)23-11-13-24(14-12-23)30-19-16-26-15-18-28-21(3)9-10-25-17-20-31(30)33(26)32(25)28;1-3-2/h4-20H,1-2H2,3H3;3H,1H2,2H3. The van der Waals surface area contributed by atoms with Crippen molar-refractivity contribution in [2.24, 2.45) is 0 Å². The van der Waals surface area contributed by atoms with E-state index in [0.29, 0.717) is 0 Å². The lowest BCUT2D eigenvalue weighted by Gasteiger charge is -2.16. The summed E-state index contributed by atoms with van der Waals surface area (Å²) in [7, 11) is 0. The summed E-state index contributed by atoms with van der Waals surface area (Å²) in [6, 6.07) is 33.3. The van der Waals surface area contributed by atoms with Crippen molar-refractivity contribution in [1.82, 2.24) is 0 Å². The van der Waals surface area contributed by atoms with Gasteiger partial charge in [0.1, 0.15) is 0 Å². The Labute approximate surface area is 213 Å². The van der Waals surface area contributed by atoms with Gasteiger partial charge in [-0.3, -0.25) is 0 Å². The summed E-state index contributed by atoms with van der Waals surface area (Å²) >= 11 is 0. The molecule has 0 nitrogen and oxygen atoms in total. The molecular weight excluding hydrogens is 432 g/mol. The van der Waals surface area contributed by atoms with Crippen LogP contribution in [-0.2, 0) is 0 Å². The Morgan fingerprint density at radius 2 is 1.11 bits per heavy atom. The van der Waals surface area contributed by atoms with Crippen molar-refractivity contribution < 1.29 is 0 Å². The second kappa shape index (κ2) is 9.68. The summed E-state index contributed by atoms with van der Waals surface area (Å²) < 4.78 is 0. The van der Waals surface area contributed by atoms with Crippen molar-refractivity contribution in [3.8, 4) is 22.3 Å². The number of aryl methyl sites for hydroxylation is 1. The van der Waals surface area contributed by atoms with Crippen LogP contribution >= 0.6 is 0 Å². The summed E-state index contributed by atoms with van der Waals surface area (Å²) in [6.07, 6.45) is 5.56. The first-order chi connectivity index (χ1) is 17.6. The van der Waals surface area contributed by atoms with Crippen LogP contribution in [0.5, 0.6) is 0 Å². The number of rotatable bonds is 4. The Hall–Kier alpha value is -4.42. The number of hydrogen-bond donors (Lipinski definition) is 0. The van der Waals surface area contributed by atoms with Gasteiger partial charge in [-0.15, -0.1) is 6.58 Å². The summed E-state index contributed by atoms with van der Waals surface area (Å²) in [4.78, 5) is 0. The predicted octanol–water partition coefficient (Wildman–Crippen LogP) is 10.7. The summed E-state index contributed by atoms with van der Waals surface area (Å²) in [5.74, 6) is 0. The van der Waals surface area contributed by atoms with E-state index in [1.165, 1.54) is 60.1 Å². The number of benzene rings is 6. The fourth-order valence-corrected chi connectivity index (χ4v) is 5.27. The molecule has 0 saturated carbocycles. The normalized spacial score (nSPS) is 10.8. The van der Waals surface area contributed by atoms with Gasteiger partial charge < -0.3 is 0 Å². The van der Waals surface area contributed by atoms with E-state index < -0.39 is 0 Å². The Morgan fingerprint density at radius 1 is 0.556 bits per heavy atom. The molecule has 0 atom stereocenters. The van der Waals surface area contributed by atoms with Gasteiger partial charge in [0.05, 0.1) is 0 Å². The monoisotopic (exact) mass is 462 g/mol. The molecule has 0 heteroatoms. The highest BCUT2D eigenvalue weighted by molar-refractivity contribution is 6.25. The molecule has 174 valence electrons. The molecule has 6 rings (SSSR count). The molecule has 0 aromatic heterocycles. The van der Waals surface area contributed by atoms with E-state index in [1.807, 2.05) is 19.1 Å². The van der Waals surface area contributed by atoms with E-state index in [2.05, 4.69) is 118 Å². The molecule has 36 heavy (non-hydrogen) atoms. The van der Waals surface area contributed by atoms with Gasteiger partial charge in [0.2, 0.25) is 0 Å². The molecule has 0 fully saturated rings. The minimum atomic E-state index is 1.11. The van der Waals surface area contributed by atoms with Crippen molar-refractivity contribution in [3.05, 3.63) is 133 Å². The van der Waals surface area contributed by atoms with Crippen LogP contribution in [0.3, 0.4) is 0 Å². The van der Waals surface area contributed by atoms with Gasteiger partial charge in [0.15, 0.2) is 0 Å². The average molecular weight is 463 g/mol. The van der Waals surface area contributed by atoms with Gasteiger partial charge in [-0.25, -0.2) is 0 Å². The maximum Gasteiger partial charge on any atom is -0.00205 e. The van der Waals surface area contributed by atoms with Crippen LogP contribution in [0.2, 0.25) is 0 Å². The molecule has 6 aromatic carbocycles. The van der Waals surface area contributed by atoms with Crippen LogP contribution in [0.1, 0.15) is 23.6 Å². The molecule has 0 aliphatic carbocycles. The Balaban J connectivity index is 0.000000848. The van der Waals surface area contributed by atoms with Gasteiger partial charge in [-0.2, -0.15) is 0 Å². The molecule has 0 aliphatic heterocycles. The zero-order valence-electron chi connectivity index (χ0n) is 21.0. The maximum absolute atomic E-state index is 4.02. The molecule has 0 spiro atoms. The van der Waals surface area contributed by atoms with Gasteiger partial charge in [0.25, 0.3) is 0 Å². The van der Waals surface area contributed by atoms with Crippen molar-refractivity contribution in [1.29, 1.82) is 0 Å². The second-order valence-corrected chi connectivity index (χ2v) is 9.12. The minimum Gasteiger partial charge on any atom is -0.103 e.